The quantitative estimate of drug-likeness (QED) is 0.299. The lowest BCUT2D eigenvalue weighted by molar-refractivity contribution is -0.153. The fourth-order valence-electron chi connectivity index (χ4n) is 3.18. The lowest BCUT2D eigenvalue weighted by Gasteiger charge is -2.21. The normalized spacial score (nSPS) is 17.4. The molecule has 2 aromatic rings. The molecular formula is C22H14F7N3O3S. The summed E-state index contributed by atoms with van der Waals surface area (Å²) in [5, 5.41) is 18.2. The molecule has 0 amide bonds. The van der Waals surface area contributed by atoms with Crippen LogP contribution in [0.3, 0.4) is 0 Å². The highest BCUT2D eigenvalue weighted by molar-refractivity contribution is 7.89. The highest BCUT2D eigenvalue weighted by atomic mass is 32.2. The summed E-state index contributed by atoms with van der Waals surface area (Å²) in [6, 6.07) is 6.61. The van der Waals surface area contributed by atoms with Crippen LogP contribution in [-0.4, -0.2) is 40.8 Å². The molecule has 1 aliphatic rings. The summed E-state index contributed by atoms with van der Waals surface area (Å²) in [4.78, 5) is -0.197. The molecule has 3 rings (SSSR count). The second-order valence-corrected chi connectivity index (χ2v) is 8.91. The van der Waals surface area contributed by atoms with Crippen molar-refractivity contribution in [2.75, 3.05) is 19.7 Å². The SMILES string of the molecule is C=C1CN([S+]([O-])c2ccc(C(F)(F)F)cc2C#N)C[C@@H]1Oc1cc(F)c(C#N)cc1OCC(F)(F)F. The van der Waals surface area contributed by atoms with Crippen molar-refractivity contribution < 1.29 is 44.8 Å². The first-order valence-corrected chi connectivity index (χ1v) is 10.9. The third-order valence-corrected chi connectivity index (χ3v) is 6.35. The zero-order valence-electron chi connectivity index (χ0n) is 17.9. The van der Waals surface area contributed by atoms with E-state index in [1.54, 1.807) is 6.07 Å². The van der Waals surface area contributed by atoms with E-state index in [1.165, 1.54) is 10.4 Å². The summed E-state index contributed by atoms with van der Waals surface area (Å²) < 4.78 is 115. The van der Waals surface area contributed by atoms with Crippen molar-refractivity contribution in [2.45, 2.75) is 23.4 Å². The fraction of sp³-hybridized carbons (Fsp3) is 0.273. The van der Waals surface area contributed by atoms with Crippen LogP contribution in [-0.2, 0) is 17.5 Å². The van der Waals surface area contributed by atoms with E-state index in [4.69, 9.17) is 10.00 Å². The zero-order valence-corrected chi connectivity index (χ0v) is 18.7. The molecule has 1 aliphatic heterocycles. The topological polar surface area (TPSA) is 92.3 Å². The van der Waals surface area contributed by atoms with Gasteiger partial charge < -0.3 is 14.0 Å². The number of nitriles is 2. The van der Waals surface area contributed by atoms with Gasteiger partial charge in [0.2, 0.25) is 0 Å². The van der Waals surface area contributed by atoms with Crippen molar-refractivity contribution in [1.82, 2.24) is 4.31 Å². The van der Waals surface area contributed by atoms with Crippen LogP contribution < -0.4 is 9.47 Å². The molecule has 1 saturated heterocycles. The first-order chi connectivity index (χ1) is 16.7. The van der Waals surface area contributed by atoms with E-state index < -0.39 is 70.4 Å². The highest BCUT2D eigenvalue weighted by Gasteiger charge is 2.39. The molecule has 2 atom stereocenters. The van der Waals surface area contributed by atoms with Crippen molar-refractivity contribution in [2.24, 2.45) is 0 Å². The van der Waals surface area contributed by atoms with Gasteiger partial charge in [-0.2, -0.15) is 36.9 Å². The Morgan fingerprint density at radius 3 is 2.31 bits per heavy atom. The maximum atomic E-state index is 14.1. The molecule has 1 heterocycles. The minimum atomic E-state index is -4.73. The van der Waals surface area contributed by atoms with E-state index in [0.29, 0.717) is 18.2 Å². The second-order valence-electron chi connectivity index (χ2n) is 7.45. The molecule has 0 spiro atoms. The third-order valence-electron chi connectivity index (χ3n) is 4.87. The molecule has 0 aliphatic carbocycles. The summed E-state index contributed by atoms with van der Waals surface area (Å²) in [5.41, 5.74) is -1.88. The molecule has 0 aromatic heterocycles. The van der Waals surface area contributed by atoms with Crippen LogP contribution in [0.15, 0.2) is 47.4 Å². The van der Waals surface area contributed by atoms with Crippen molar-refractivity contribution in [1.29, 1.82) is 10.5 Å². The fourth-order valence-corrected chi connectivity index (χ4v) is 4.49. The minimum absolute atomic E-state index is 0.110. The number of nitrogens with zero attached hydrogens (tertiary/aromatic N) is 3. The van der Waals surface area contributed by atoms with E-state index in [1.807, 2.05) is 0 Å². The number of hydrogen-bond donors (Lipinski definition) is 0. The second kappa shape index (κ2) is 10.3. The average molecular weight is 533 g/mol. The number of halogens is 7. The van der Waals surface area contributed by atoms with Crippen LogP contribution in [0.2, 0.25) is 0 Å². The van der Waals surface area contributed by atoms with Gasteiger partial charge >= 0.3 is 12.4 Å². The molecule has 14 heteroatoms. The van der Waals surface area contributed by atoms with Crippen LogP contribution in [0.5, 0.6) is 11.5 Å². The first-order valence-electron chi connectivity index (χ1n) is 9.79. The van der Waals surface area contributed by atoms with E-state index >= 15 is 0 Å². The molecule has 1 fully saturated rings. The molecule has 2 aromatic carbocycles. The molecule has 0 N–H and O–H groups in total. The van der Waals surface area contributed by atoms with Gasteiger partial charge in [-0.25, -0.2) is 4.39 Å². The zero-order chi connectivity index (χ0) is 26.8. The molecular weight excluding hydrogens is 519 g/mol. The Morgan fingerprint density at radius 2 is 1.72 bits per heavy atom. The van der Waals surface area contributed by atoms with Crippen molar-refractivity contribution >= 4 is 11.4 Å². The maximum Gasteiger partial charge on any atom is 0.422 e. The Morgan fingerprint density at radius 1 is 1.06 bits per heavy atom. The van der Waals surface area contributed by atoms with Gasteiger partial charge in [-0.15, -0.1) is 4.31 Å². The number of ether oxygens (including phenoxy) is 2. The van der Waals surface area contributed by atoms with Crippen LogP contribution >= 0.6 is 0 Å². The Hall–Kier alpha value is -3.46. The number of alkyl halides is 6. The monoisotopic (exact) mass is 533 g/mol. The maximum absolute atomic E-state index is 14.1. The molecule has 36 heavy (non-hydrogen) atoms. The number of hydrogen-bond acceptors (Lipinski definition) is 6. The van der Waals surface area contributed by atoms with Crippen LogP contribution in [0.25, 0.3) is 0 Å². The standard InChI is InChI=1S/C22H14F7N3O3S/c1-12-9-32(36(33)20-3-2-15(22(27,28)29)4-14(20)8-31)10-19(12)35-18-6-16(23)13(7-30)5-17(18)34-11-21(24,25)26/h2-6,19H,1,9-11H2/t19-,36?/m0/s1. The molecule has 0 saturated carbocycles. The highest BCUT2D eigenvalue weighted by Crippen LogP contribution is 2.36. The molecule has 190 valence electrons. The average Bonchev–Trinajstić information content (AvgIpc) is 3.16. The van der Waals surface area contributed by atoms with E-state index in [2.05, 4.69) is 11.3 Å². The van der Waals surface area contributed by atoms with Gasteiger partial charge in [0.1, 0.15) is 29.6 Å². The predicted molar refractivity (Wildman–Crippen MR) is 110 cm³/mol. The minimum Gasteiger partial charge on any atom is -0.593 e. The summed E-state index contributed by atoms with van der Waals surface area (Å²) in [5.74, 6) is -2.12. The smallest absolute Gasteiger partial charge is 0.422 e. The van der Waals surface area contributed by atoms with Gasteiger partial charge in [-0.3, -0.25) is 0 Å². The predicted octanol–water partition coefficient (Wildman–Crippen LogP) is 4.87. The van der Waals surface area contributed by atoms with E-state index in [0.717, 1.165) is 12.1 Å². The van der Waals surface area contributed by atoms with E-state index in [-0.39, 0.29) is 23.6 Å². The van der Waals surface area contributed by atoms with Crippen molar-refractivity contribution in [3.8, 4) is 23.6 Å². The van der Waals surface area contributed by atoms with Gasteiger partial charge in [0, 0.05) is 12.1 Å². The summed E-state index contributed by atoms with van der Waals surface area (Å²) >= 11 is -2.13. The Bertz CT molecular complexity index is 1250. The summed E-state index contributed by atoms with van der Waals surface area (Å²) in [6.45, 7) is 1.67. The molecule has 6 nitrogen and oxygen atoms in total. The van der Waals surface area contributed by atoms with Crippen LogP contribution in [0.4, 0.5) is 30.7 Å². The lowest BCUT2D eigenvalue weighted by atomic mass is 10.1. The summed E-state index contributed by atoms with van der Waals surface area (Å²) in [6.07, 6.45) is -10.5. The number of benzene rings is 2. The lowest BCUT2D eigenvalue weighted by Crippen LogP contribution is -2.31. The number of rotatable bonds is 6. The summed E-state index contributed by atoms with van der Waals surface area (Å²) in [7, 11) is 0. The van der Waals surface area contributed by atoms with Crippen LogP contribution in [0, 0.1) is 28.5 Å². The molecule has 1 unspecified atom stereocenters. The third kappa shape index (κ3) is 6.20. The van der Waals surface area contributed by atoms with Crippen molar-refractivity contribution in [3.05, 3.63) is 65.0 Å². The Labute approximate surface area is 203 Å². The van der Waals surface area contributed by atoms with E-state index in [9.17, 15) is 40.5 Å². The molecule has 0 bridgehead atoms. The Balaban J connectivity index is 1.83. The van der Waals surface area contributed by atoms with Crippen molar-refractivity contribution in [3.63, 3.8) is 0 Å². The van der Waals surface area contributed by atoms with Gasteiger partial charge in [0.05, 0.1) is 35.6 Å². The largest absolute Gasteiger partial charge is 0.593 e. The van der Waals surface area contributed by atoms with Gasteiger partial charge in [-0.1, -0.05) is 6.58 Å². The van der Waals surface area contributed by atoms with Gasteiger partial charge in [-0.05, 0) is 23.8 Å². The Kier molecular flexibility index (Phi) is 7.73. The van der Waals surface area contributed by atoms with Gasteiger partial charge in [0.25, 0.3) is 0 Å². The molecule has 0 radical (unpaired) electrons. The van der Waals surface area contributed by atoms with Gasteiger partial charge in [0.15, 0.2) is 23.0 Å². The van der Waals surface area contributed by atoms with Crippen LogP contribution in [0.1, 0.15) is 16.7 Å². The first kappa shape index (κ1) is 27.1.